The highest BCUT2D eigenvalue weighted by Gasteiger charge is 2.21. The van der Waals surface area contributed by atoms with Crippen LogP contribution >= 0.6 is 11.3 Å². The summed E-state index contributed by atoms with van der Waals surface area (Å²) in [5.74, 6) is -0.392. The van der Waals surface area contributed by atoms with Crippen LogP contribution in [-0.4, -0.2) is 36.3 Å². The number of rotatable bonds is 6. The largest absolute Gasteiger partial charge is 0.319 e. The Morgan fingerprint density at radius 3 is 2.31 bits per heavy atom. The van der Waals surface area contributed by atoms with Gasteiger partial charge in [0, 0.05) is 25.7 Å². The van der Waals surface area contributed by atoms with Crippen LogP contribution in [0, 0.1) is 0 Å². The highest BCUT2D eigenvalue weighted by Crippen LogP contribution is 2.21. The molecule has 8 heteroatoms. The summed E-state index contributed by atoms with van der Waals surface area (Å²) in [6.45, 7) is 6.50. The van der Waals surface area contributed by atoms with E-state index in [1.165, 1.54) is 45.5 Å². The molecule has 0 fully saturated rings. The number of carbonyl (C=O) groups is 1. The van der Waals surface area contributed by atoms with Gasteiger partial charge in [-0.3, -0.25) is 4.79 Å². The number of nitrogens with zero attached hydrogens (tertiary/aromatic N) is 3. The van der Waals surface area contributed by atoms with Crippen molar-refractivity contribution in [2.24, 2.45) is 12.0 Å². The summed E-state index contributed by atoms with van der Waals surface area (Å²) < 4.78 is 29.6. The molecule has 0 bridgehead atoms. The van der Waals surface area contributed by atoms with Crippen LogP contribution in [0.15, 0.2) is 52.4 Å². The van der Waals surface area contributed by atoms with Crippen LogP contribution in [0.25, 0.3) is 10.2 Å². The molecule has 29 heavy (non-hydrogen) atoms. The van der Waals surface area contributed by atoms with Crippen molar-refractivity contribution in [1.82, 2.24) is 8.87 Å². The minimum absolute atomic E-state index is 0.178. The van der Waals surface area contributed by atoms with E-state index in [-0.39, 0.29) is 4.90 Å². The van der Waals surface area contributed by atoms with Crippen LogP contribution in [0.1, 0.15) is 36.7 Å². The van der Waals surface area contributed by atoms with Crippen LogP contribution < -0.4 is 4.80 Å². The molecule has 3 rings (SSSR count). The molecule has 6 nitrogen and oxygen atoms in total. The third-order valence-corrected chi connectivity index (χ3v) is 8.09. The number of amides is 1. The first-order valence-corrected chi connectivity index (χ1v) is 11.9. The first-order valence-electron chi connectivity index (χ1n) is 9.60. The van der Waals surface area contributed by atoms with E-state index in [9.17, 15) is 13.2 Å². The summed E-state index contributed by atoms with van der Waals surface area (Å²) in [5.41, 5.74) is 2.66. The van der Waals surface area contributed by atoms with Crippen molar-refractivity contribution < 1.29 is 13.2 Å². The fourth-order valence-corrected chi connectivity index (χ4v) is 5.83. The average molecular weight is 432 g/mol. The van der Waals surface area contributed by atoms with Crippen molar-refractivity contribution in [3.63, 3.8) is 0 Å². The molecule has 1 aromatic heterocycles. The van der Waals surface area contributed by atoms with Crippen LogP contribution in [0.4, 0.5) is 0 Å². The summed E-state index contributed by atoms with van der Waals surface area (Å²) in [4.78, 5) is 17.7. The van der Waals surface area contributed by atoms with E-state index in [0.29, 0.717) is 23.5 Å². The number of fused-ring (bicyclic) bond motifs is 1. The predicted molar refractivity (Wildman–Crippen MR) is 117 cm³/mol. The second kappa shape index (κ2) is 8.61. The van der Waals surface area contributed by atoms with Gasteiger partial charge in [0.15, 0.2) is 4.80 Å². The van der Waals surface area contributed by atoms with E-state index < -0.39 is 15.9 Å². The smallest absolute Gasteiger partial charge is 0.279 e. The molecule has 0 aliphatic carbocycles. The molecular formula is C21H25N3O3S2. The zero-order valence-electron chi connectivity index (χ0n) is 17.0. The molecule has 2 aromatic carbocycles. The van der Waals surface area contributed by atoms with Gasteiger partial charge in [0.2, 0.25) is 10.0 Å². The molecular weight excluding hydrogens is 406 g/mol. The highest BCUT2D eigenvalue weighted by molar-refractivity contribution is 7.89. The van der Waals surface area contributed by atoms with E-state index in [1.54, 1.807) is 13.8 Å². The van der Waals surface area contributed by atoms with Crippen molar-refractivity contribution in [2.45, 2.75) is 32.1 Å². The third kappa shape index (κ3) is 4.05. The topological polar surface area (TPSA) is 71.7 Å². The van der Waals surface area contributed by atoms with Crippen LogP contribution in [0.2, 0.25) is 0 Å². The Morgan fingerprint density at radius 2 is 1.72 bits per heavy atom. The molecule has 0 atom stereocenters. The zero-order chi connectivity index (χ0) is 21.2. The third-order valence-electron chi connectivity index (χ3n) is 4.93. The first-order chi connectivity index (χ1) is 13.8. The summed E-state index contributed by atoms with van der Waals surface area (Å²) in [5, 5.41) is 0. The Hall–Kier alpha value is -2.29. The van der Waals surface area contributed by atoms with Gasteiger partial charge < -0.3 is 4.57 Å². The monoisotopic (exact) mass is 431 g/mol. The Bertz CT molecular complexity index is 1200. The van der Waals surface area contributed by atoms with Gasteiger partial charge in [-0.25, -0.2) is 8.42 Å². The van der Waals surface area contributed by atoms with Gasteiger partial charge in [-0.2, -0.15) is 9.30 Å². The maximum absolute atomic E-state index is 12.7. The van der Waals surface area contributed by atoms with Crippen molar-refractivity contribution in [3.05, 3.63) is 58.4 Å². The Morgan fingerprint density at radius 1 is 1.07 bits per heavy atom. The van der Waals surface area contributed by atoms with Crippen molar-refractivity contribution in [2.75, 3.05) is 13.1 Å². The summed E-state index contributed by atoms with van der Waals surface area (Å²) in [6.07, 6.45) is 0.901. The van der Waals surface area contributed by atoms with Gasteiger partial charge >= 0.3 is 0 Å². The minimum Gasteiger partial charge on any atom is -0.319 e. The molecule has 0 saturated carbocycles. The molecule has 0 radical (unpaired) electrons. The Labute approximate surface area is 175 Å². The maximum Gasteiger partial charge on any atom is 0.279 e. The highest BCUT2D eigenvalue weighted by atomic mass is 32.2. The van der Waals surface area contributed by atoms with Crippen molar-refractivity contribution in [3.8, 4) is 0 Å². The van der Waals surface area contributed by atoms with E-state index >= 15 is 0 Å². The summed E-state index contributed by atoms with van der Waals surface area (Å²) in [6, 6.07) is 12.1. The number of aryl methyl sites for hydroxylation is 2. The van der Waals surface area contributed by atoms with Gasteiger partial charge in [0.05, 0.1) is 15.1 Å². The van der Waals surface area contributed by atoms with Crippen LogP contribution in [0.5, 0.6) is 0 Å². The second-order valence-electron chi connectivity index (χ2n) is 6.59. The van der Waals surface area contributed by atoms with E-state index in [4.69, 9.17) is 0 Å². The summed E-state index contributed by atoms with van der Waals surface area (Å²) in [7, 11) is -1.64. The quantitative estimate of drug-likeness (QED) is 0.599. The molecule has 0 saturated heterocycles. The maximum atomic E-state index is 12.7. The first kappa shape index (κ1) is 21.4. The lowest BCUT2D eigenvalue weighted by Crippen LogP contribution is -2.30. The summed E-state index contributed by atoms with van der Waals surface area (Å²) >= 11 is 1.47. The SMILES string of the molecule is CCc1cccc2sc(=NC(=O)c3ccc(S(=O)(=O)N(CC)CC)cc3)n(C)c12. The van der Waals surface area contributed by atoms with Crippen molar-refractivity contribution >= 4 is 37.5 Å². The molecule has 1 amide bonds. The lowest BCUT2D eigenvalue weighted by Gasteiger charge is -2.18. The minimum atomic E-state index is -3.54. The molecule has 0 N–H and O–H groups in total. The van der Waals surface area contributed by atoms with Gasteiger partial charge in [-0.1, -0.05) is 44.2 Å². The van der Waals surface area contributed by atoms with Crippen molar-refractivity contribution in [1.29, 1.82) is 0 Å². The molecule has 0 spiro atoms. The number of thiazole rings is 1. The normalized spacial score (nSPS) is 12.8. The van der Waals surface area contributed by atoms with Gasteiger partial charge in [0.25, 0.3) is 5.91 Å². The molecule has 0 unspecified atom stereocenters. The number of carbonyl (C=O) groups excluding carboxylic acids is 1. The lowest BCUT2D eigenvalue weighted by molar-refractivity contribution is 0.0998. The number of benzene rings is 2. The zero-order valence-corrected chi connectivity index (χ0v) is 18.7. The number of hydrogen-bond acceptors (Lipinski definition) is 4. The lowest BCUT2D eigenvalue weighted by atomic mass is 10.1. The van der Waals surface area contributed by atoms with Gasteiger partial charge in [-0.15, -0.1) is 0 Å². The molecule has 154 valence electrons. The Balaban J connectivity index is 1.96. The number of sulfonamides is 1. The van der Waals surface area contributed by atoms with Crippen LogP contribution in [-0.2, 0) is 23.5 Å². The van der Waals surface area contributed by atoms with E-state index in [1.807, 2.05) is 23.7 Å². The average Bonchev–Trinajstić information content (AvgIpc) is 3.04. The molecule has 0 aliphatic rings. The fraction of sp³-hybridized carbons (Fsp3) is 0.333. The number of hydrogen-bond donors (Lipinski definition) is 0. The molecule has 3 aromatic rings. The predicted octanol–water partition coefficient (Wildman–Crippen LogP) is 3.57. The van der Waals surface area contributed by atoms with E-state index in [2.05, 4.69) is 18.0 Å². The molecule has 1 heterocycles. The fourth-order valence-electron chi connectivity index (χ4n) is 3.31. The second-order valence-corrected chi connectivity index (χ2v) is 9.54. The standard InChI is InChI=1S/C21H25N3O3S2/c1-5-15-9-8-10-18-19(15)23(4)21(28-18)22-20(25)16-11-13-17(14-12-16)29(26,27)24(6-2)7-3/h8-14H,5-7H2,1-4H3. The Kier molecular flexibility index (Phi) is 6.36. The van der Waals surface area contributed by atoms with Gasteiger partial charge in [0.1, 0.15) is 0 Å². The number of para-hydroxylation sites is 1. The number of aromatic nitrogens is 1. The van der Waals surface area contributed by atoms with Crippen LogP contribution in [0.3, 0.4) is 0 Å². The van der Waals surface area contributed by atoms with Gasteiger partial charge in [-0.05, 0) is 42.3 Å². The van der Waals surface area contributed by atoms with E-state index in [0.717, 1.165) is 16.6 Å². The molecule has 0 aliphatic heterocycles.